The zero-order valence-electron chi connectivity index (χ0n) is 14.0. The van der Waals surface area contributed by atoms with Crippen LogP contribution in [-0.4, -0.2) is 10.9 Å². The summed E-state index contributed by atoms with van der Waals surface area (Å²) in [5.41, 5.74) is 4.81. The second-order valence-electron chi connectivity index (χ2n) is 5.83. The number of pyridine rings is 1. The molecule has 0 radical (unpaired) electrons. The number of anilines is 3. The van der Waals surface area contributed by atoms with Gasteiger partial charge in [0.1, 0.15) is 11.5 Å². The number of hydrogen-bond acceptors (Lipinski definition) is 3. The summed E-state index contributed by atoms with van der Waals surface area (Å²) in [5.74, 6) is -0.702. The predicted octanol–water partition coefficient (Wildman–Crippen LogP) is 4.83. The molecule has 0 saturated carbocycles. The number of aryl methyl sites for hydroxylation is 2. The lowest BCUT2D eigenvalue weighted by molar-refractivity contribution is 0.102. The Morgan fingerprint density at radius 3 is 2.48 bits per heavy atom. The number of amides is 1. The molecule has 4 nitrogen and oxygen atoms in total. The topological polar surface area (TPSA) is 54.0 Å². The first-order valence-electron chi connectivity index (χ1n) is 7.88. The molecule has 0 aliphatic carbocycles. The molecule has 126 valence electrons. The van der Waals surface area contributed by atoms with Crippen molar-refractivity contribution in [1.29, 1.82) is 0 Å². The van der Waals surface area contributed by atoms with Crippen molar-refractivity contribution in [3.63, 3.8) is 0 Å². The van der Waals surface area contributed by atoms with Gasteiger partial charge in [-0.15, -0.1) is 0 Å². The van der Waals surface area contributed by atoms with Gasteiger partial charge in [-0.3, -0.25) is 9.78 Å². The molecular formula is C20H18FN3O. The van der Waals surface area contributed by atoms with Crippen molar-refractivity contribution in [3.05, 3.63) is 83.4 Å². The van der Waals surface area contributed by atoms with Crippen LogP contribution in [0, 0.1) is 19.7 Å². The molecule has 1 heterocycles. The Kier molecular flexibility index (Phi) is 4.75. The molecule has 0 atom stereocenters. The maximum absolute atomic E-state index is 12.9. The summed E-state index contributed by atoms with van der Waals surface area (Å²) in [5, 5.41) is 6.01. The van der Waals surface area contributed by atoms with Gasteiger partial charge in [-0.1, -0.05) is 12.1 Å². The van der Waals surface area contributed by atoms with Crippen LogP contribution in [0.5, 0.6) is 0 Å². The largest absolute Gasteiger partial charge is 0.355 e. The molecule has 0 saturated heterocycles. The minimum atomic E-state index is -0.351. The summed E-state index contributed by atoms with van der Waals surface area (Å²) in [6.07, 6.45) is 1.58. The highest BCUT2D eigenvalue weighted by molar-refractivity contribution is 6.03. The third kappa shape index (κ3) is 4.20. The van der Waals surface area contributed by atoms with Gasteiger partial charge in [0, 0.05) is 23.3 Å². The van der Waals surface area contributed by atoms with E-state index in [-0.39, 0.29) is 17.4 Å². The van der Waals surface area contributed by atoms with E-state index in [0.29, 0.717) is 5.69 Å². The first kappa shape index (κ1) is 16.6. The van der Waals surface area contributed by atoms with E-state index in [9.17, 15) is 9.18 Å². The summed E-state index contributed by atoms with van der Waals surface area (Å²) in [4.78, 5) is 16.4. The Bertz CT molecular complexity index is 907. The number of nitrogens with one attached hydrogen (secondary N) is 2. The van der Waals surface area contributed by atoms with Gasteiger partial charge in [0.15, 0.2) is 0 Å². The number of nitrogens with zero attached hydrogens (tertiary/aromatic N) is 1. The van der Waals surface area contributed by atoms with Gasteiger partial charge >= 0.3 is 0 Å². The van der Waals surface area contributed by atoms with Crippen LogP contribution in [-0.2, 0) is 0 Å². The molecule has 5 heteroatoms. The Hall–Kier alpha value is -3.21. The number of benzene rings is 2. The number of carbonyl (C=O) groups is 1. The van der Waals surface area contributed by atoms with E-state index in [4.69, 9.17) is 0 Å². The van der Waals surface area contributed by atoms with Gasteiger partial charge < -0.3 is 10.6 Å². The van der Waals surface area contributed by atoms with Gasteiger partial charge in [0.25, 0.3) is 5.91 Å². The molecule has 0 unspecified atom stereocenters. The van der Waals surface area contributed by atoms with Gasteiger partial charge in [-0.25, -0.2) is 4.39 Å². The minimum Gasteiger partial charge on any atom is -0.355 e. The second kappa shape index (κ2) is 7.13. The van der Waals surface area contributed by atoms with Gasteiger partial charge in [-0.05, 0) is 67.4 Å². The van der Waals surface area contributed by atoms with Crippen molar-refractivity contribution < 1.29 is 9.18 Å². The lowest BCUT2D eigenvalue weighted by atomic mass is 10.1. The van der Waals surface area contributed by atoms with Crippen molar-refractivity contribution >= 4 is 23.0 Å². The van der Waals surface area contributed by atoms with Gasteiger partial charge in [-0.2, -0.15) is 0 Å². The number of carbonyl (C=O) groups excluding carboxylic acids is 1. The average Bonchev–Trinajstić information content (AvgIpc) is 2.60. The molecule has 3 rings (SSSR count). The van der Waals surface area contributed by atoms with Crippen LogP contribution in [0.4, 0.5) is 21.5 Å². The number of rotatable bonds is 4. The van der Waals surface area contributed by atoms with E-state index >= 15 is 0 Å². The predicted molar refractivity (Wildman–Crippen MR) is 97.8 cm³/mol. The Morgan fingerprint density at radius 2 is 1.72 bits per heavy atom. The van der Waals surface area contributed by atoms with E-state index in [1.165, 1.54) is 24.3 Å². The third-order valence-electron chi connectivity index (χ3n) is 3.77. The maximum Gasteiger partial charge on any atom is 0.274 e. The van der Waals surface area contributed by atoms with E-state index in [0.717, 1.165) is 22.5 Å². The standard InChI is InChI=1S/C20H18FN3O/c1-13-3-4-14(2)18(11-13)23-17-9-10-22-19(12-17)20(25)24-16-7-5-15(21)6-8-16/h3-12H,1-2H3,(H,22,23)(H,24,25). The third-order valence-corrected chi connectivity index (χ3v) is 3.77. The van der Waals surface area contributed by atoms with E-state index in [1.807, 2.05) is 26.0 Å². The lowest BCUT2D eigenvalue weighted by Gasteiger charge is -2.11. The fourth-order valence-electron chi connectivity index (χ4n) is 2.39. The SMILES string of the molecule is Cc1ccc(C)c(Nc2ccnc(C(=O)Nc3ccc(F)cc3)c2)c1. The Morgan fingerprint density at radius 1 is 0.960 bits per heavy atom. The summed E-state index contributed by atoms with van der Waals surface area (Å²) in [6.45, 7) is 4.05. The lowest BCUT2D eigenvalue weighted by Crippen LogP contribution is -2.13. The molecule has 1 amide bonds. The van der Waals surface area contributed by atoms with Gasteiger partial charge in [0.2, 0.25) is 0 Å². The molecule has 1 aromatic heterocycles. The quantitative estimate of drug-likeness (QED) is 0.718. The van der Waals surface area contributed by atoms with Crippen molar-refractivity contribution in [2.45, 2.75) is 13.8 Å². The smallest absolute Gasteiger partial charge is 0.274 e. The van der Waals surface area contributed by atoms with Crippen LogP contribution in [0.3, 0.4) is 0 Å². The monoisotopic (exact) mass is 335 g/mol. The van der Waals surface area contributed by atoms with Crippen LogP contribution >= 0.6 is 0 Å². The molecule has 2 N–H and O–H groups in total. The van der Waals surface area contributed by atoms with Crippen molar-refractivity contribution in [2.24, 2.45) is 0 Å². The molecule has 0 aliphatic rings. The number of aromatic nitrogens is 1. The number of halogens is 1. The van der Waals surface area contributed by atoms with Gasteiger partial charge in [0.05, 0.1) is 0 Å². The molecule has 0 spiro atoms. The van der Waals surface area contributed by atoms with Crippen molar-refractivity contribution in [1.82, 2.24) is 4.98 Å². The van der Waals surface area contributed by atoms with Crippen LogP contribution in [0.2, 0.25) is 0 Å². The average molecular weight is 335 g/mol. The highest BCUT2D eigenvalue weighted by Crippen LogP contribution is 2.22. The molecule has 25 heavy (non-hydrogen) atoms. The fraction of sp³-hybridized carbons (Fsp3) is 0.100. The normalized spacial score (nSPS) is 10.4. The molecular weight excluding hydrogens is 317 g/mol. The molecule has 0 aliphatic heterocycles. The van der Waals surface area contributed by atoms with Crippen LogP contribution in [0.1, 0.15) is 21.6 Å². The van der Waals surface area contributed by atoms with Crippen molar-refractivity contribution in [3.8, 4) is 0 Å². The molecule has 0 bridgehead atoms. The highest BCUT2D eigenvalue weighted by Gasteiger charge is 2.09. The fourth-order valence-corrected chi connectivity index (χ4v) is 2.39. The minimum absolute atomic E-state index is 0.277. The summed E-state index contributed by atoms with van der Waals surface area (Å²) in [7, 11) is 0. The van der Waals surface area contributed by atoms with Crippen molar-refractivity contribution in [2.75, 3.05) is 10.6 Å². The molecule has 3 aromatic rings. The Balaban J connectivity index is 1.77. The molecule has 0 fully saturated rings. The first-order valence-corrected chi connectivity index (χ1v) is 7.88. The first-order chi connectivity index (χ1) is 12.0. The second-order valence-corrected chi connectivity index (χ2v) is 5.83. The van der Waals surface area contributed by atoms with E-state index in [1.54, 1.807) is 18.3 Å². The number of hydrogen-bond donors (Lipinski definition) is 2. The molecule has 2 aromatic carbocycles. The van der Waals surface area contributed by atoms with Crippen LogP contribution in [0.15, 0.2) is 60.8 Å². The summed E-state index contributed by atoms with van der Waals surface area (Å²) >= 11 is 0. The highest BCUT2D eigenvalue weighted by atomic mass is 19.1. The zero-order valence-corrected chi connectivity index (χ0v) is 14.0. The maximum atomic E-state index is 12.9. The zero-order chi connectivity index (χ0) is 17.8. The van der Waals surface area contributed by atoms with E-state index < -0.39 is 0 Å². The Labute approximate surface area is 145 Å². The van der Waals surface area contributed by atoms with Crippen LogP contribution in [0.25, 0.3) is 0 Å². The van der Waals surface area contributed by atoms with Crippen LogP contribution < -0.4 is 10.6 Å². The summed E-state index contributed by atoms with van der Waals surface area (Å²) in [6, 6.07) is 15.2. The summed E-state index contributed by atoms with van der Waals surface area (Å²) < 4.78 is 12.9. The van der Waals surface area contributed by atoms with E-state index in [2.05, 4.69) is 21.7 Å².